The number of rotatable bonds is 4. The summed E-state index contributed by atoms with van der Waals surface area (Å²) in [6.45, 7) is 3.54. The Hall–Kier alpha value is -2.36. The number of hydrogen-bond donors (Lipinski definition) is 2. The van der Waals surface area contributed by atoms with Crippen molar-refractivity contribution in [3.8, 4) is 11.3 Å². The molecule has 1 fully saturated rings. The molecule has 0 atom stereocenters. The minimum atomic E-state index is -0.377. The summed E-state index contributed by atoms with van der Waals surface area (Å²) >= 11 is 0. The summed E-state index contributed by atoms with van der Waals surface area (Å²) in [5.41, 5.74) is 1.70. The van der Waals surface area contributed by atoms with Crippen molar-refractivity contribution in [1.29, 1.82) is 0 Å². The van der Waals surface area contributed by atoms with E-state index in [4.69, 9.17) is 0 Å². The number of H-pyrrole nitrogens is 1. The van der Waals surface area contributed by atoms with Crippen LogP contribution in [0.1, 0.15) is 31.5 Å². The van der Waals surface area contributed by atoms with Gasteiger partial charge in [0, 0.05) is 0 Å². The molecule has 1 saturated carbocycles. The average Bonchev–Trinajstić information content (AvgIpc) is 3.18. The zero-order valence-corrected chi connectivity index (χ0v) is 11.9. The number of carbonyl (C=O) groups excluding carboxylic acids is 1. The van der Waals surface area contributed by atoms with Crippen molar-refractivity contribution in [3.63, 3.8) is 0 Å². The predicted molar refractivity (Wildman–Crippen MR) is 82.5 cm³/mol. The zero-order valence-electron chi connectivity index (χ0n) is 11.9. The molecule has 1 aliphatic carbocycles. The number of hydrogen-bond acceptors (Lipinski definition) is 2. The van der Waals surface area contributed by atoms with Crippen LogP contribution in [0.2, 0.25) is 0 Å². The fraction of sp³-hybridized carbons (Fsp3) is 0.294. The van der Waals surface area contributed by atoms with E-state index in [1.807, 2.05) is 36.5 Å². The Kier molecular flexibility index (Phi) is 3.60. The lowest BCUT2D eigenvalue weighted by Crippen LogP contribution is -2.43. The summed E-state index contributed by atoms with van der Waals surface area (Å²) in [5, 5.41) is 3.07. The second-order valence-corrected chi connectivity index (χ2v) is 5.49. The average molecular weight is 281 g/mol. The molecular formula is C17H19N3O. The van der Waals surface area contributed by atoms with Crippen molar-refractivity contribution in [3.05, 3.63) is 55.0 Å². The minimum absolute atomic E-state index is 0.144. The maximum Gasteiger partial charge on any atom is 0.244 e. The van der Waals surface area contributed by atoms with Crippen LogP contribution >= 0.6 is 0 Å². The summed E-state index contributed by atoms with van der Waals surface area (Å²) in [6.07, 6.45) is 7.17. The fourth-order valence-electron chi connectivity index (χ4n) is 3.02. The normalized spacial score (nSPS) is 16.6. The van der Waals surface area contributed by atoms with Crippen LogP contribution in [0.4, 0.5) is 0 Å². The number of nitrogens with one attached hydrogen (secondary N) is 2. The summed E-state index contributed by atoms with van der Waals surface area (Å²) in [7, 11) is 0. The van der Waals surface area contributed by atoms with Gasteiger partial charge in [0.25, 0.3) is 0 Å². The largest absolute Gasteiger partial charge is 0.340 e. The number of aromatic amines is 1. The van der Waals surface area contributed by atoms with Crippen molar-refractivity contribution in [2.75, 3.05) is 0 Å². The molecule has 0 spiro atoms. The van der Waals surface area contributed by atoms with Crippen LogP contribution in [-0.2, 0) is 10.3 Å². The van der Waals surface area contributed by atoms with Gasteiger partial charge in [0.2, 0.25) is 5.91 Å². The molecule has 3 rings (SSSR count). The molecule has 1 aliphatic rings. The highest BCUT2D eigenvalue weighted by atomic mass is 16.1. The standard InChI is InChI=1S/C17H19N3O/c1-2-15(21)20-17(10-6-7-11-17)16-18-12-14(19-16)13-8-4-3-5-9-13/h2-5,8-9,12H,1,6-7,10-11H2,(H,18,19)(H,20,21). The van der Waals surface area contributed by atoms with E-state index < -0.39 is 0 Å². The van der Waals surface area contributed by atoms with E-state index in [1.165, 1.54) is 6.08 Å². The van der Waals surface area contributed by atoms with Gasteiger partial charge in [-0.15, -0.1) is 0 Å². The van der Waals surface area contributed by atoms with Gasteiger partial charge in [-0.25, -0.2) is 4.98 Å². The Bertz CT molecular complexity index is 639. The quantitative estimate of drug-likeness (QED) is 0.846. The van der Waals surface area contributed by atoms with E-state index in [1.54, 1.807) is 0 Å². The summed E-state index contributed by atoms with van der Waals surface area (Å²) in [4.78, 5) is 19.7. The third-order valence-corrected chi connectivity index (χ3v) is 4.12. The third-order valence-electron chi connectivity index (χ3n) is 4.12. The molecule has 4 nitrogen and oxygen atoms in total. The van der Waals surface area contributed by atoms with Crippen molar-refractivity contribution >= 4 is 5.91 Å². The van der Waals surface area contributed by atoms with Gasteiger partial charge in [-0.05, 0) is 24.5 Å². The topological polar surface area (TPSA) is 57.8 Å². The SMILES string of the molecule is C=CC(=O)NC1(c2ncc(-c3ccccc3)[nH]2)CCCC1. The highest BCUT2D eigenvalue weighted by Gasteiger charge is 2.39. The molecule has 0 bridgehead atoms. The van der Waals surface area contributed by atoms with Gasteiger partial charge in [-0.1, -0.05) is 49.8 Å². The van der Waals surface area contributed by atoms with Crippen LogP contribution in [0.3, 0.4) is 0 Å². The molecule has 1 heterocycles. The molecule has 1 aromatic carbocycles. The predicted octanol–water partition coefficient (Wildman–Crippen LogP) is 3.15. The molecular weight excluding hydrogens is 262 g/mol. The van der Waals surface area contributed by atoms with Gasteiger partial charge in [-0.3, -0.25) is 4.79 Å². The number of aromatic nitrogens is 2. The second-order valence-electron chi connectivity index (χ2n) is 5.49. The highest BCUT2D eigenvalue weighted by Crippen LogP contribution is 2.38. The van der Waals surface area contributed by atoms with Crippen LogP contribution in [0.5, 0.6) is 0 Å². The van der Waals surface area contributed by atoms with Gasteiger partial charge in [0.05, 0.1) is 17.4 Å². The van der Waals surface area contributed by atoms with Crippen molar-refractivity contribution < 1.29 is 4.79 Å². The first kappa shape index (κ1) is 13.6. The molecule has 0 saturated heterocycles. The number of amides is 1. The summed E-state index contributed by atoms with van der Waals surface area (Å²) < 4.78 is 0. The van der Waals surface area contributed by atoms with Crippen molar-refractivity contribution in [2.45, 2.75) is 31.2 Å². The number of nitrogens with zero attached hydrogens (tertiary/aromatic N) is 1. The van der Waals surface area contributed by atoms with Crippen LogP contribution in [0, 0.1) is 0 Å². The summed E-state index contributed by atoms with van der Waals surface area (Å²) in [6, 6.07) is 10.1. The lowest BCUT2D eigenvalue weighted by molar-refractivity contribution is -0.118. The first-order valence-electron chi connectivity index (χ1n) is 7.29. The lowest BCUT2D eigenvalue weighted by atomic mass is 9.96. The molecule has 1 amide bonds. The molecule has 1 aromatic heterocycles. The third kappa shape index (κ3) is 2.61. The fourth-order valence-corrected chi connectivity index (χ4v) is 3.02. The van der Waals surface area contributed by atoms with Crippen molar-refractivity contribution in [2.24, 2.45) is 0 Å². The highest BCUT2D eigenvalue weighted by molar-refractivity contribution is 5.87. The van der Waals surface area contributed by atoms with E-state index in [9.17, 15) is 4.79 Å². The zero-order chi connectivity index (χ0) is 14.7. The van der Waals surface area contributed by atoms with Crippen LogP contribution in [0.15, 0.2) is 49.2 Å². The smallest absolute Gasteiger partial charge is 0.244 e. The number of imidazole rings is 1. The monoisotopic (exact) mass is 281 g/mol. The van der Waals surface area contributed by atoms with E-state index in [2.05, 4.69) is 21.9 Å². The molecule has 0 radical (unpaired) electrons. The molecule has 4 heteroatoms. The maximum atomic E-state index is 11.8. The van der Waals surface area contributed by atoms with Crippen LogP contribution < -0.4 is 5.32 Å². The van der Waals surface area contributed by atoms with E-state index >= 15 is 0 Å². The van der Waals surface area contributed by atoms with E-state index in [0.717, 1.165) is 42.8 Å². The summed E-state index contributed by atoms with van der Waals surface area (Å²) in [5.74, 6) is 0.698. The number of benzene rings is 1. The Balaban J connectivity index is 1.92. The molecule has 0 unspecified atom stereocenters. The van der Waals surface area contributed by atoms with Crippen LogP contribution in [-0.4, -0.2) is 15.9 Å². The van der Waals surface area contributed by atoms with Gasteiger partial charge in [-0.2, -0.15) is 0 Å². The molecule has 21 heavy (non-hydrogen) atoms. The Labute approximate surface area is 124 Å². The van der Waals surface area contributed by atoms with Crippen molar-refractivity contribution in [1.82, 2.24) is 15.3 Å². The Morgan fingerprint density at radius 1 is 1.29 bits per heavy atom. The molecule has 108 valence electrons. The van der Waals surface area contributed by atoms with E-state index in [-0.39, 0.29) is 11.4 Å². The van der Waals surface area contributed by atoms with Gasteiger partial charge < -0.3 is 10.3 Å². The lowest BCUT2D eigenvalue weighted by Gasteiger charge is -2.27. The second kappa shape index (κ2) is 5.56. The molecule has 0 aliphatic heterocycles. The first-order chi connectivity index (χ1) is 10.2. The maximum absolute atomic E-state index is 11.8. The van der Waals surface area contributed by atoms with Gasteiger partial charge in [0.15, 0.2) is 0 Å². The molecule has 2 aromatic rings. The van der Waals surface area contributed by atoms with Gasteiger partial charge in [0.1, 0.15) is 5.82 Å². The Morgan fingerprint density at radius 2 is 2.00 bits per heavy atom. The van der Waals surface area contributed by atoms with Crippen LogP contribution in [0.25, 0.3) is 11.3 Å². The minimum Gasteiger partial charge on any atom is -0.340 e. The van der Waals surface area contributed by atoms with Gasteiger partial charge >= 0.3 is 0 Å². The van der Waals surface area contributed by atoms with E-state index in [0.29, 0.717) is 0 Å². The first-order valence-corrected chi connectivity index (χ1v) is 7.29. The Morgan fingerprint density at radius 3 is 2.67 bits per heavy atom. The molecule has 2 N–H and O–H groups in total. The number of carbonyl (C=O) groups is 1.